The summed E-state index contributed by atoms with van der Waals surface area (Å²) in [6.45, 7) is 8.43. The molecule has 1 unspecified atom stereocenters. The minimum atomic E-state index is -1.65. The Kier molecular flexibility index (Phi) is 6.16. The normalized spacial score (nSPS) is 44.0. The SMILES string of the molecule is C[C@H](CCCC(C)(O)C(=O)O)[C@H]1CC[C@H]2[C@@H]3C(=O)C=C4C[C@@H](O)CC[C@]4(C)[C@H]3CC[C@]12C. The zero-order valence-corrected chi connectivity index (χ0v) is 20.3. The lowest BCUT2D eigenvalue weighted by atomic mass is 9.46. The zero-order valence-electron chi connectivity index (χ0n) is 20.3. The molecule has 9 atom stereocenters. The molecule has 0 bridgehead atoms. The van der Waals surface area contributed by atoms with E-state index >= 15 is 0 Å². The third-order valence-corrected chi connectivity index (χ3v) is 10.5. The molecule has 0 aromatic rings. The molecular formula is C27H42O5. The molecule has 0 aromatic heterocycles. The van der Waals surface area contributed by atoms with Gasteiger partial charge in [0.1, 0.15) is 0 Å². The van der Waals surface area contributed by atoms with Crippen LogP contribution in [0.15, 0.2) is 11.6 Å². The zero-order chi connectivity index (χ0) is 23.5. The fourth-order valence-corrected chi connectivity index (χ4v) is 8.43. The smallest absolute Gasteiger partial charge is 0.335 e. The fourth-order valence-electron chi connectivity index (χ4n) is 8.43. The van der Waals surface area contributed by atoms with Crippen LogP contribution >= 0.6 is 0 Å². The molecule has 3 fully saturated rings. The van der Waals surface area contributed by atoms with Crippen molar-refractivity contribution in [2.45, 2.75) is 104 Å². The number of ketones is 1. The number of aliphatic hydroxyl groups is 2. The van der Waals surface area contributed by atoms with Crippen LogP contribution in [0.25, 0.3) is 0 Å². The van der Waals surface area contributed by atoms with E-state index in [0.717, 1.165) is 44.9 Å². The van der Waals surface area contributed by atoms with Gasteiger partial charge in [-0.25, -0.2) is 4.79 Å². The standard InChI is InChI=1S/C27H42O5/c1-16(6-5-11-27(4,32)24(30)31)19-7-8-20-23-21(10-13-26(19,20)3)25(2)12-9-18(28)14-17(25)15-22(23)29/h15-16,18-21,23,28,32H,5-14H2,1-4H3,(H,30,31)/t16-,18+,19-,20+,21+,23+,25+,26-,27?/m1/s1. The van der Waals surface area contributed by atoms with Crippen LogP contribution in [0.5, 0.6) is 0 Å². The first kappa shape index (κ1) is 23.9. The molecule has 0 aromatic carbocycles. The van der Waals surface area contributed by atoms with Crippen LogP contribution in [-0.2, 0) is 9.59 Å². The maximum Gasteiger partial charge on any atom is 0.335 e. The van der Waals surface area contributed by atoms with Gasteiger partial charge in [-0.3, -0.25) is 4.79 Å². The number of hydrogen-bond donors (Lipinski definition) is 3. The molecule has 0 aliphatic heterocycles. The van der Waals surface area contributed by atoms with Crippen molar-refractivity contribution in [2.24, 2.45) is 40.4 Å². The maximum atomic E-state index is 13.4. The number of allylic oxidation sites excluding steroid dienone is 1. The number of carboxylic acids is 1. The van der Waals surface area contributed by atoms with Crippen LogP contribution in [-0.4, -0.2) is 38.8 Å². The van der Waals surface area contributed by atoms with Gasteiger partial charge in [0.15, 0.2) is 11.4 Å². The van der Waals surface area contributed by atoms with Crippen LogP contribution in [0, 0.1) is 40.4 Å². The number of aliphatic hydroxyl groups excluding tert-OH is 1. The van der Waals surface area contributed by atoms with Crippen molar-refractivity contribution in [3.05, 3.63) is 11.6 Å². The van der Waals surface area contributed by atoms with Gasteiger partial charge in [0.2, 0.25) is 0 Å². The highest BCUT2D eigenvalue weighted by Gasteiger charge is 2.61. The molecule has 3 N–H and O–H groups in total. The quantitative estimate of drug-likeness (QED) is 0.547. The lowest BCUT2D eigenvalue weighted by Gasteiger charge is -2.57. The Balaban J connectivity index is 1.49. The average molecular weight is 447 g/mol. The molecular weight excluding hydrogens is 404 g/mol. The predicted molar refractivity (Wildman–Crippen MR) is 123 cm³/mol. The van der Waals surface area contributed by atoms with Crippen molar-refractivity contribution in [3.8, 4) is 0 Å². The summed E-state index contributed by atoms with van der Waals surface area (Å²) in [4.78, 5) is 24.6. The first-order valence-electron chi connectivity index (χ1n) is 12.8. The largest absolute Gasteiger partial charge is 0.479 e. The molecule has 4 rings (SSSR count). The van der Waals surface area contributed by atoms with Crippen LogP contribution in [0.2, 0.25) is 0 Å². The van der Waals surface area contributed by atoms with E-state index < -0.39 is 11.6 Å². The molecule has 32 heavy (non-hydrogen) atoms. The first-order chi connectivity index (χ1) is 14.9. The van der Waals surface area contributed by atoms with Crippen molar-refractivity contribution in [2.75, 3.05) is 0 Å². The molecule has 3 saturated carbocycles. The van der Waals surface area contributed by atoms with Crippen LogP contribution in [0.1, 0.15) is 91.9 Å². The number of aliphatic carboxylic acids is 1. The van der Waals surface area contributed by atoms with E-state index in [0.29, 0.717) is 42.3 Å². The van der Waals surface area contributed by atoms with Gasteiger partial charge < -0.3 is 15.3 Å². The molecule has 0 spiro atoms. The second-order valence-corrected chi connectivity index (χ2v) is 12.3. The Morgan fingerprint density at radius 3 is 2.59 bits per heavy atom. The van der Waals surface area contributed by atoms with Gasteiger partial charge in [0.25, 0.3) is 0 Å². The lowest BCUT2D eigenvalue weighted by molar-refractivity contribution is -0.157. The summed E-state index contributed by atoms with van der Waals surface area (Å²) in [5, 5.41) is 29.4. The number of carbonyl (C=O) groups excluding carboxylic acids is 1. The minimum absolute atomic E-state index is 0.0608. The monoisotopic (exact) mass is 446 g/mol. The number of hydrogen-bond acceptors (Lipinski definition) is 4. The summed E-state index contributed by atoms with van der Waals surface area (Å²) >= 11 is 0. The van der Waals surface area contributed by atoms with Crippen LogP contribution in [0.4, 0.5) is 0 Å². The Labute approximate surface area is 192 Å². The highest BCUT2D eigenvalue weighted by molar-refractivity contribution is 5.94. The first-order valence-corrected chi connectivity index (χ1v) is 12.8. The summed E-state index contributed by atoms with van der Waals surface area (Å²) < 4.78 is 0. The molecule has 0 heterocycles. The third kappa shape index (κ3) is 3.77. The Morgan fingerprint density at radius 2 is 1.91 bits per heavy atom. The molecule has 5 nitrogen and oxygen atoms in total. The van der Waals surface area contributed by atoms with Gasteiger partial charge in [-0.1, -0.05) is 32.8 Å². The van der Waals surface area contributed by atoms with Crippen molar-refractivity contribution >= 4 is 11.8 Å². The van der Waals surface area contributed by atoms with E-state index in [1.807, 2.05) is 6.08 Å². The van der Waals surface area contributed by atoms with E-state index in [-0.39, 0.29) is 29.3 Å². The fraction of sp³-hybridized carbons (Fsp3) is 0.852. The molecule has 4 aliphatic carbocycles. The summed E-state index contributed by atoms with van der Waals surface area (Å²) in [6, 6.07) is 0. The van der Waals surface area contributed by atoms with Gasteiger partial charge in [0.05, 0.1) is 6.10 Å². The average Bonchev–Trinajstić information content (AvgIpc) is 3.06. The minimum Gasteiger partial charge on any atom is -0.479 e. The number of carboxylic acid groups (broad SMARTS) is 1. The van der Waals surface area contributed by atoms with Crippen LogP contribution in [0.3, 0.4) is 0 Å². The number of carbonyl (C=O) groups is 2. The van der Waals surface area contributed by atoms with Crippen molar-refractivity contribution in [3.63, 3.8) is 0 Å². The predicted octanol–water partition coefficient (Wildman–Crippen LogP) is 4.75. The summed E-state index contributed by atoms with van der Waals surface area (Å²) in [5.41, 5.74) is -0.242. The van der Waals surface area contributed by atoms with Gasteiger partial charge in [-0.05, 0) is 105 Å². The molecule has 0 saturated heterocycles. The number of fused-ring (bicyclic) bond motifs is 5. The van der Waals surface area contributed by atoms with Crippen molar-refractivity contribution < 1.29 is 24.9 Å². The van der Waals surface area contributed by atoms with Gasteiger partial charge in [-0.2, -0.15) is 0 Å². The summed E-state index contributed by atoms with van der Waals surface area (Å²) in [5.74, 6) is 1.09. The molecule has 0 amide bonds. The summed E-state index contributed by atoms with van der Waals surface area (Å²) in [7, 11) is 0. The van der Waals surface area contributed by atoms with Crippen molar-refractivity contribution in [1.29, 1.82) is 0 Å². The van der Waals surface area contributed by atoms with Gasteiger partial charge in [0, 0.05) is 5.92 Å². The molecule has 4 aliphatic rings. The second kappa shape index (κ2) is 8.23. The molecule has 5 heteroatoms. The Morgan fingerprint density at radius 1 is 1.19 bits per heavy atom. The van der Waals surface area contributed by atoms with Gasteiger partial charge >= 0.3 is 5.97 Å². The van der Waals surface area contributed by atoms with E-state index in [9.17, 15) is 19.8 Å². The van der Waals surface area contributed by atoms with E-state index in [1.165, 1.54) is 12.5 Å². The molecule has 180 valence electrons. The lowest BCUT2D eigenvalue weighted by Crippen LogP contribution is -2.53. The van der Waals surface area contributed by atoms with E-state index in [4.69, 9.17) is 5.11 Å². The highest BCUT2D eigenvalue weighted by atomic mass is 16.4. The second-order valence-electron chi connectivity index (χ2n) is 12.3. The maximum absolute atomic E-state index is 13.4. The Hall–Kier alpha value is -1.20. The Bertz CT molecular complexity index is 800. The molecule has 0 radical (unpaired) electrons. The topological polar surface area (TPSA) is 94.8 Å². The summed E-state index contributed by atoms with van der Waals surface area (Å²) in [6.07, 6.45) is 10.5. The third-order valence-electron chi connectivity index (χ3n) is 10.5. The van der Waals surface area contributed by atoms with Crippen LogP contribution < -0.4 is 0 Å². The van der Waals surface area contributed by atoms with Gasteiger partial charge in [-0.15, -0.1) is 0 Å². The van der Waals surface area contributed by atoms with E-state index in [1.54, 1.807) is 0 Å². The highest BCUT2D eigenvalue weighted by Crippen LogP contribution is 2.66. The van der Waals surface area contributed by atoms with E-state index in [2.05, 4.69) is 20.8 Å². The van der Waals surface area contributed by atoms with Crippen molar-refractivity contribution in [1.82, 2.24) is 0 Å². The number of rotatable bonds is 6.